The first kappa shape index (κ1) is 14.5. The van der Waals surface area contributed by atoms with Crippen LogP contribution in [0, 0.1) is 0 Å². The van der Waals surface area contributed by atoms with Crippen molar-refractivity contribution in [3.05, 3.63) is 35.9 Å². The fourth-order valence-corrected chi connectivity index (χ4v) is 3.40. The molecule has 2 N–H and O–H groups in total. The molecule has 0 saturated carbocycles. The molecule has 2 rings (SSSR count). The molecule has 1 aliphatic rings. The predicted molar refractivity (Wildman–Crippen MR) is 82.3 cm³/mol. The highest BCUT2D eigenvalue weighted by Gasteiger charge is 2.28. The Labute approximate surface area is 118 Å². The summed E-state index contributed by atoms with van der Waals surface area (Å²) in [7, 11) is 0. The number of likely N-dealkylation sites (tertiary alicyclic amines) is 1. The Morgan fingerprint density at radius 3 is 2.63 bits per heavy atom. The Balaban J connectivity index is 2.14. The molecule has 0 radical (unpaired) electrons. The molecule has 2 heteroatoms. The topological polar surface area (TPSA) is 29.3 Å². The molecule has 3 atom stereocenters. The number of nitrogens with two attached hydrogens (primary N) is 1. The van der Waals surface area contributed by atoms with Crippen molar-refractivity contribution in [1.82, 2.24) is 4.90 Å². The lowest BCUT2D eigenvalue weighted by atomic mass is 9.91. The van der Waals surface area contributed by atoms with E-state index in [0.29, 0.717) is 18.0 Å². The van der Waals surface area contributed by atoms with Gasteiger partial charge in [-0.15, -0.1) is 0 Å². The van der Waals surface area contributed by atoms with E-state index < -0.39 is 0 Å². The van der Waals surface area contributed by atoms with Crippen LogP contribution in [0.4, 0.5) is 0 Å². The zero-order valence-electron chi connectivity index (χ0n) is 12.4. The molecule has 1 aliphatic heterocycles. The van der Waals surface area contributed by atoms with Gasteiger partial charge in [-0.1, -0.05) is 50.1 Å². The Morgan fingerprint density at radius 2 is 1.95 bits per heavy atom. The highest BCUT2D eigenvalue weighted by atomic mass is 15.2. The molecule has 0 spiro atoms. The fraction of sp³-hybridized carbons (Fsp3) is 0.647. The molecule has 0 amide bonds. The molecule has 2 nitrogen and oxygen atoms in total. The first-order valence-electron chi connectivity index (χ1n) is 7.74. The summed E-state index contributed by atoms with van der Waals surface area (Å²) in [4.78, 5) is 2.66. The number of benzene rings is 1. The Hall–Kier alpha value is -0.860. The minimum atomic E-state index is 0.468. The smallest absolute Gasteiger partial charge is 0.0287 e. The summed E-state index contributed by atoms with van der Waals surface area (Å²) in [5.74, 6) is 0.506. The van der Waals surface area contributed by atoms with Gasteiger partial charge in [-0.2, -0.15) is 0 Å². The predicted octanol–water partition coefficient (Wildman–Crippen LogP) is 3.38. The van der Waals surface area contributed by atoms with Crippen LogP contribution in [0.1, 0.15) is 51.0 Å². The van der Waals surface area contributed by atoms with E-state index in [0.717, 1.165) is 6.54 Å². The van der Waals surface area contributed by atoms with Crippen LogP contribution in [0.5, 0.6) is 0 Å². The molecule has 1 aromatic carbocycles. The second kappa shape index (κ2) is 7.06. The van der Waals surface area contributed by atoms with E-state index in [-0.39, 0.29) is 0 Å². The summed E-state index contributed by atoms with van der Waals surface area (Å²) in [6, 6.07) is 11.9. The molecule has 3 unspecified atom stereocenters. The maximum Gasteiger partial charge on any atom is 0.0287 e. The van der Waals surface area contributed by atoms with E-state index in [1.54, 1.807) is 0 Å². The molecule has 19 heavy (non-hydrogen) atoms. The largest absolute Gasteiger partial charge is 0.329 e. The van der Waals surface area contributed by atoms with Crippen LogP contribution in [0.2, 0.25) is 0 Å². The molecular formula is C17H28N2. The Morgan fingerprint density at radius 1 is 1.21 bits per heavy atom. The molecule has 1 saturated heterocycles. The molecule has 0 bridgehead atoms. The normalized spacial score (nSPS) is 24.7. The second-order valence-electron chi connectivity index (χ2n) is 5.94. The highest BCUT2D eigenvalue weighted by Crippen LogP contribution is 2.27. The van der Waals surface area contributed by atoms with E-state index >= 15 is 0 Å². The van der Waals surface area contributed by atoms with Gasteiger partial charge in [0.25, 0.3) is 0 Å². The van der Waals surface area contributed by atoms with Gasteiger partial charge in [-0.25, -0.2) is 0 Å². The van der Waals surface area contributed by atoms with E-state index in [2.05, 4.69) is 49.1 Å². The summed E-state index contributed by atoms with van der Waals surface area (Å²) in [5, 5.41) is 0. The third-order valence-electron chi connectivity index (χ3n) is 4.67. The summed E-state index contributed by atoms with van der Waals surface area (Å²) in [5.41, 5.74) is 7.52. The summed E-state index contributed by atoms with van der Waals surface area (Å²) in [6.45, 7) is 6.65. The van der Waals surface area contributed by atoms with Gasteiger partial charge in [-0.05, 0) is 37.8 Å². The van der Waals surface area contributed by atoms with Gasteiger partial charge in [-0.3, -0.25) is 4.90 Å². The van der Waals surface area contributed by atoms with Crippen molar-refractivity contribution in [3.8, 4) is 0 Å². The van der Waals surface area contributed by atoms with Gasteiger partial charge in [0.15, 0.2) is 0 Å². The molecule has 0 aliphatic carbocycles. The lowest BCUT2D eigenvalue weighted by Crippen LogP contribution is -2.48. The van der Waals surface area contributed by atoms with Crippen LogP contribution < -0.4 is 5.73 Å². The van der Waals surface area contributed by atoms with Crippen LogP contribution in [0.15, 0.2) is 30.3 Å². The SMILES string of the molecule is CC(c1ccccc1)C(CN)N1CCCCCC1C. The monoisotopic (exact) mass is 260 g/mol. The van der Waals surface area contributed by atoms with Crippen LogP contribution in [-0.4, -0.2) is 30.1 Å². The second-order valence-corrected chi connectivity index (χ2v) is 5.94. The summed E-state index contributed by atoms with van der Waals surface area (Å²) in [6.07, 6.45) is 5.38. The van der Waals surface area contributed by atoms with E-state index in [1.807, 2.05) is 0 Å². The van der Waals surface area contributed by atoms with Crippen molar-refractivity contribution in [2.75, 3.05) is 13.1 Å². The number of rotatable bonds is 4. The standard InChI is InChI=1S/C17H28N2/c1-14-9-5-4-8-12-19(14)17(13-18)15(2)16-10-6-3-7-11-16/h3,6-7,10-11,14-15,17H,4-5,8-9,12-13,18H2,1-2H3. The molecule has 0 aromatic heterocycles. The first-order valence-corrected chi connectivity index (χ1v) is 7.74. The van der Waals surface area contributed by atoms with Gasteiger partial charge in [0.2, 0.25) is 0 Å². The van der Waals surface area contributed by atoms with Gasteiger partial charge in [0, 0.05) is 18.6 Å². The maximum atomic E-state index is 6.11. The number of hydrogen-bond donors (Lipinski definition) is 1. The highest BCUT2D eigenvalue weighted by molar-refractivity contribution is 5.20. The summed E-state index contributed by atoms with van der Waals surface area (Å²) >= 11 is 0. The fourth-order valence-electron chi connectivity index (χ4n) is 3.40. The van der Waals surface area contributed by atoms with Crippen molar-refractivity contribution in [3.63, 3.8) is 0 Å². The minimum Gasteiger partial charge on any atom is -0.329 e. The quantitative estimate of drug-likeness (QED) is 0.899. The lowest BCUT2D eigenvalue weighted by Gasteiger charge is -2.38. The lowest BCUT2D eigenvalue weighted by molar-refractivity contribution is 0.133. The zero-order valence-corrected chi connectivity index (χ0v) is 12.4. The van der Waals surface area contributed by atoms with Crippen LogP contribution in [0.3, 0.4) is 0 Å². The first-order chi connectivity index (χ1) is 9.24. The van der Waals surface area contributed by atoms with Gasteiger partial charge < -0.3 is 5.73 Å². The number of nitrogens with zero attached hydrogens (tertiary/aromatic N) is 1. The minimum absolute atomic E-state index is 0.468. The van der Waals surface area contributed by atoms with Crippen molar-refractivity contribution >= 4 is 0 Å². The number of hydrogen-bond acceptors (Lipinski definition) is 2. The average molecular weight is 260 g/mol. The molecule has 106 valence electrons. The van der Waals surface area contributed by atoms with Gasteiger partial charge in [0.05, 0.1) is 0 Å². The van der Waals surface area contributed by atoms with E-state index in [4.69, 9.17) is 5.73 Å². The van der Waals surface area contributed by atoms with Crippen LogP contribution in [-0.2, 0) is 0 Å². The van der Waals surface area contributed by atoms with Crippen LogP contribution in [0.25, 0.3) is 0 Å². The van der Waals surface area contributed by atoms with Crippen molar-refractivity contribution in [2.45, 2.75) is 57.5 Å². The Bertz CT molecular complexity index is 363. The molecule has 1 heterocycles. The third kappa shape index (κ3) is 3.58. The molecular weight excluding hydrogens is 232 g/mol. The third-order valence-corrected chi connectivity index (χ3v) is 4.67. The summed E-state index contributed by atoms with van der Waals surface area (Å²) < 4.78 is 0. The van der Waals surface area contributed by atoms with E-state index in [9.17, 15) is 0 Å². The van der Waals surface area contributed by atoms with Crippen molar-refractivity contribution in [1.29, 1.82) is 0 Å². The van der Waals surface area contributed by atoms with Gasteiger partial charge >= 0.3 is 0 Å². The van der Waals surface area contributed by atoms with Crippen molar-refractivity contribution in [2.24, 2.45) is 5.73 Å². The van der Waals surface area contributed by atoms with Crippen LogP contribution >= 0.6 is 0 Å². The van der Waals surface area contributed by atoms with Crippen molar-refractivity contribution < 1.29 is 0 Å². The average Bonchev–Trinajstić information content (AvgIpc) is 2.66. The molecule has 1 fully saturated rings. The van der Waals surface area contributed by atoms with E-state index in [1.165, 1.54) is 37.8 Å². The molecule has 1 aromatic rings. The van der Waals surface area contributed by atoms with Gasteiger partial charge in [0.1, 0.15) is 0 Å². The maximum absolute atomic E-state index is 6.11. The zero-order chi connectivity index (χ0) is 13.7. The Kier molecular flexibility index (Phi) is 5.41.